The molecular formula is C22H17BClN. The molecule has 1 aliphatic heterocycles. The molecule has 3 heteroatoms. The van der Waals surface area contributed by atoms with Crippen molar-refractivity contribution in [1.82, 2.24) is 0 Å². The highest BCUT2D eigenvalue weighted by Crippen LogP contribution is 2.31. The van der Waals surface area contributed by atoms with E-state index in [2.05, 4.69) is 89.7 Å². The maximum absolute atomic E-state index is 6.11. The van der Waals surface area contributed by atoms with Crippen molar-refractivity contribution in [3.63, 3.8) is 0 Å². The number of rotatable bonds is 3. The summed E-state index contributed by atoms with van der Waals surface area (Å²) >= 11 is 6.11. The van der Waals surface area contributed by atoms with E-state index in [1.165, 1.54) is 16.7 Å². The molecule has 0 unspecified atom stereocenters. The van der Waals surface area contributed by atoms with E-state index < -0.39 is 0 Å². The average molecular weight is 342 g/mol. The second kappa shape index (κ2) is 7.04. The molecule has 0 aromatic heterocycles. The van der Waals surface area contributed by atoms with Crippen molar-refractivity contribution in [1.29, 1.82) is 0 Å². The summed E-state index contributed by atoms with van der Waals surface area (Å²) in [6.45, 7) is 0.141. The normalized spacial score (nSPS) is 13.7. The smallest absolute Gasteiger partial charge is 0.320 e. The van der Waals surface area contributed by atoms with Gasteiger partial charge in [-0.2, -0.15) is 0 Å². The molecule has 3 aromatic rings. The summed E-state index contributed by atoms with van der Waals surface area (Å²) in [6, 6.07) is 29.1. The minimum Gasteiger partial charge on any atom is -0.377 e. The van der Waals surface area contributed by atoms with Gasteiger partial charge in [-0.3, -0.25) is 0 Å². The van der Waals surface area contributed by atoms with Crippen molar-refractivity contribution < 1.29 is 0 Å². The van der Waals surface area contributed by atoms with Gasteiger partial charge in [0, 0.05) is 16.4 Å². The second-order valence-electron chi connectivity index (χ2n) is 6.00. The van der Waals surface area contributed by atoms with Crippen LogP contribution >= 0.6 is 11.6 Å². The molecule has 1 heterocycles. The quantitative estimate of drug-likeness (QED) is 0.592. The largest absolute Gasteiger partial charge is 0.377 e. The van der Waals surface area contributed by atoms with Crippen LogP contribution < -0.4 is 10.3 Å². The fourth-order valence-electron chi connectivity index (χ4n) is 3.22. The van der Waals surface area contributed by atoms with Crippen LogP contribution in [0.2, 0.25) is 5.02 Å². The minimum absolute atomic E-state index is 0.141. The Balaban J connectivity index is 1.84. The van der Waals surface area contributed by atoms with E-state index in [-0.39, 0.29) is 6.85 Å². The lowest BCUT2D eigenvalue weighted by Crippen LogP contribution is -2.47. The molecular weight excluding hydrogens is 325 g/mol. The molecule has 0 saturated carbocycles. The van der Waals surface area contributed by atoms with Gasteiger partial charge in [0.25, 0.3) is 0 Å². The van der Waals surface area contributed by atoms with Gasteiger partial charge in [-0.25, -0.2) is 0 Å². The summed E-state index contributed by atoms with van der Waals surface area (Å²) in [7, 11) is 0. The highest BCUT2D eigenvalue weighted by molar-refractivity contribution is 6.83. The van der Waals surface area contributed by atoms with Gasteiger partial charge >= 0.3 is 6.85 Å². The zero-order chi connectivity index (χ0) is 17.1. The predicted molar refractivity (Wildman–Crippen MR) is 109 cm³/mol. The van der Waals surface area contributed by atoms with E-state index in [0.717, 1.165) is 10.7 Å². The molecule has 1 nitrogen and oxygen atoms in total. The van der Waals surface area contributed by atoms with E-state index in [9.17, 15) is 0 Å². The number of halogens is 1. The predicted octanol–water partition coefficient (Wildman–Crippen LogP) is 5.20. The third-order valence-electron chi connectivity index (χ3n) is 4.40. The molecule has 0 saturated heterocycles. The van der Waals surface area contributed by atoms with Crippen LogP contribution in [0.25, 0.3) is 5.70 Å². The summed E-state index contributed by atoms with van der Waals surface area (Å²) in [5.74, 6) is 2.23. The lowest BCUT2D eigenvalue weighted by atomic mass is 9.52. The van der Waals surface area contributed by atoms with Crippen LogP contribution in [0.3, 0.4) is 0 Å². The number of benzene rings is 3. The van der Waals surface area contributed by atoms with Crippen molar-refractivity contribution in [2.24, 2.45) is 0 Å². The van der Waals surface area contributed by atoms with Crippen molar-refractivity contribution in [2.75, 3.05) is 4.81 Å². The van der Waals surface area contributed by atoms with Gasteiger partial charge in [-0.1, -0.05) is 89.8 Å². The SMILES string of the molecule is Clc1ccc(N2B(c3ccccc3)C=CC=C2c2ccccc2)cc1. The van der Waals surface area contributed by atoms with Crippen molar-refractivity contribution >= 4 is 35.3 Å². The molecule has 25 heavy (non-hydrogen) atoms. The number of anilines is 1. The molecule has 0 radical (unpaired) electrons. The van der Waals surface area contributed by atoms with Crippen LogP contribution in [0, 0.1) is 0 Å². The van der Waals surface area contributed by atoms with Crippen LogP contribution in [0.15, 0.2) is 103 Å². The van der Waals surface area contributed by atoms with E-state index in [4.69, 9.17) is 11.6 Å². The van der Waals surface area contributed by atoms with Crippen molar-refractivity contribution in [2.45, 2.75) is 0 Å². The zero-order valence-electron chi connectivity index (χ0n) is 13.7. The van der Waals surface area contributed by atoms with E-state index in [0.29, 0.717) is 0 Å². The van der Waals surface area contributed by atoms with E-state index >= 15 is 0 Å². The third kappa shape index (κ3) is 3.26. The Morgan fingerprint density at radius 3 is 2.04 bits per heavy atom. The van der Waals surface area contributed by atoms with Gasteiger partial charge < -0.3 is 4.81 Å². The first-order chi connectivity index (χ1) is 12.3. The van der Waals surface area contributed by atoms with Gasteiger partial charge in [0.05, 0.1) is 0 Å². The molecule has 0 bridgehead atoms. The molecule has 1 aliphatic rings. The second-order valence-corrected chi connectivity index (χ2v) is 6.44. The highest BCUT2D eigenvalue weighted by Gasteiger charge is 2.28. The topological polar surface area (TPSA) is 3.24 Å². The first-order valence-corrected chi connectivity index (χ1v) is 8.74. The standard InChI is InChI=1S/C22H17BClN/c24-20-13-15-21(16-14-20)25-22(18-8-3-1-4-9-18)12-7-17-23(25)19-10-5-2-6-11-19/h1-17H. The van der Waals surface area contributed by atoms with Gasteiger partial charge in [0.1, 0.15) is 0 Å². The summed E-state index contributed by atoms with van der Waals surface area (Å²) < 4.78 is 0. The fourth-order valence-corrected chi connectivity index (χ4v) is 3.35. The van der Waals surface area contributed by atoms with Crippen LogP contribution in [-0.2, 0) is 0 Å². The molecule has 0 atom stereocenters. The lowest BCUT2D eigenvalue weighted by molar-refractivity contribution is 1.37. The molecule has 0 N–H and O–H groups in total. The minimum atomic E-state index is 0.141. The summed E-state index contributed by atoms with van der Waals surface area (Å²) in [5.41, 5.74) is 4.76. The monoisotopic (exact) mass is 341 g/mol. The van der Waals surface area contributed by atoms with Crippen LogP contribution in [-0.4, -0.2) is 6.85 Å². The van der Waals surface area contributed by atoms with Crippen LogP contribution in [0.1, 0.15) is 5.56 Å². The summed E-state index contributed by atoms with van der Waals surface area (Å²) in [4.78, 5) is 2.36. The Kier molecular flexibility index (Phi) is 4.45. The Hall–Kier alpha value is -2.71. The van der Waals surface area contributed by atoms with Gasteiger partial charge in [0.2, 0.25) is 0 Å². The lowest BCUT2D eigenvalue weighted by Gasteiger charge is -2.35. The molecule has 120 valence electrons. The molecule has 0 spiro atoms. The summed E-state index contributed by atoms with van der Waals surface area (Å²) in [6.07, 6.45) is 4.32. The van der Waals surface area contributed by atoms with Crippen LogP contribution in [0.5, 0.6) is 0 Å². The van der Waals surface area contributed by atoms with E-state index in [1.54, 1.807) is 0 Å². The number of nitrogens with zero attached hydrogens (tertiary/aromatic N) is 1. The van der Waals surface area contributed by atoms with Crippen molar-refractivity contribution in [3.05, 3.63) is 114 Å². The van der Waals surface area contributed by atoms with Gasteiger partial charge in [0.15, 0.2) is 0 Å². The first kappa shape index (κ1) is 15.8. The summed E-state index contributed by atoms with van der Waals surface area (Å²) in [5, 5.41) is 0.748. The van der Waals surface area contributed by atoms with E-state index in [1.807, 2.05) is 18.2 Å². The van der Waals surface area contributed by atoms with Crippen LogP contribution in [0.4, 0.5) is 5.69 Å². The fraction of sp³-hybridized carbons (Fsp3) is 0. The highest BCUT2D eigenvalue weighted by atomic mass is 35.5. The number of hydrogen-bond acceptors (Lipinski definition) is 1. The number of hydrogen-bond donors (Lipinski definition) is 0. The molecule has 0 aliphatic carbocycles. The van der Waals surface area contributed by atoms with Gasteiger partial charge in [-0.15, -0.1) is 0 Å². The molecule has 3 aromatic carbocycles. The number of allylic oxidation sites excluding steroid dienone is 2. The zero-order valence-corrected chi connectivity index (χ0v) is 14.5. The maximum atomic E-state index is 6.11. The Labute approximate surface area is 154 Å². The average Bonchev–Trinajstić information content (AvgIpc) is 2.69. The Bertz CT molecular complexity index is 902. The third-order valence-corrected chi connectivity index (χ3v) is 4.65. The maximum Gasteiger partial charge on any atom is 0.320 e. The van der Waals surface area contributed by atoms with Gasteiger partial charge in [-0.05, 0) is 35.9 Å². The molecule has 4 rings (SSSR count). The Morgan fingerprint density at radius 1 is 0.720 bits per heavy atom. The molecule has 0 fully saturated rings. The molecule has 0 amide bonds. The Morgan fingerprint density at radius 2 is 1.36 bits per heavy atom. The first-order valence-electron chi connectivity index (χ1n) is 8.36. The van der Waals surface area contributed by atoms with Crippen molar-refractivity contribution in [3.8, 4) is 0 Å².